The van der Waals surface area contributed by atoms with E-state index in [1.165, 1.54) is 7.05 Å². The molecule has 5 N–H and O–H groups in total. The summed E-state index contributed by atoms with van der Waals surface area (Å²) < 4.78 is 2.23. The van der Waals surface area contributed by atoms with Crippen molar-refractivity contribution < 1.29 is 14.7 Å². The summed E-state index contributed by atoms with van der Waals surface area (Å²) in [5.41, 5.74) is 2.92. The summed E-state index contributed by atoms with van der Waals surface area (Å²) in [6, 6.07) is -0.752. The lowest BCUT2D eigenvalue weighted by atomic mass is 9.51. The van der Waals surface area contributed by atoms with Crippen molar-refractivity contribution in [3.05, 3.63) is 26.4 Å². The van der Waals surface area contributed by atoms with Gasteiger partial charge in [0.05, 0.1) is 0 Å². The fourth-order valence-corrected chi connectivity index (χ4v) is 5.69. The molecule has 2 heterocycles. The van der Waals surface area contributed by atoms with Crippen molar-refractivity contribution in [2.24, 2.45) is 11.1 Å². The Labute approximate surface area is 178 Å². The number of likely N-dealkylation sites (N-methyl/N-ethyl adjacent to an activating group) is 1. The topological polar surface area (TPSA) is 164 Å². The highest BCUT2D eigenvalue weighted by molar-refractivity contribution is 6.07. The number of aromatic hydroxyl groups is 1. The number of carbonyl (C=O) groups excluding carboxylic acids is 2. The van der Waals surface area contributed by atoms with E-state index in [9.17, 15) is 24.3 Å². The number of imide groups is 1. The molecule has 3 amide bonds. The van der Waals surface area contributed by atoms with Gasteiger partial charge in [0.25, 0.3) is 11.5 Å². The molecule has 1 aromatic rings. The molecule has 1 aromatic heterocycles. The molecule has 1 saturated heterocycles. The number of urea groups is 1. The van der Waals surface area contributed by atoms with Gasteiger partial charge in [-0.15, -0.1) is 0 Å². The van der Waals surface area contributed by atoms with E-state index in [1.807, 2.05) is 6.92 Å². The van der Waals surface area contributed by atoms with Crippen molar-refractivity contribution in [1.29, 1.82) is 5.41 Å². The molecule has 31 heavy (non-hydrogen) atoms. The van der Waals surface area contributed by atoms with Gasteiger partial charge in [0.1, 0.15) is 16.9 Å². The average molecular weight is 432 g/mol. The molecule has 11 nitrogen and oxygen atoms in total. The van der Waals surface area contributed by atoms with Crippen LogP contribution in [0.15, 0.2) is 9.59 Å². The number of aromatic nitrogens is 2. The van der Waals surface area contributed by atoms with Gasteiger partial charge in [0.2, 0.25) is 5.88 Å². The number of hydrogen-bond donors (Lipinski definition) is 4. The van der Waals surface area contributed by atoms with Gasteiger partial charge in [-0.1, -0.05) is 6.92 Å². The van der Waals surface area contributed by atoms with Gasteiger partial charge >= 0.3 is 11.7 Å². The molecule has 2 aliphatic carbocycles. The van der Waals surface area contributed by atoms with Crippen LogP contribution < -0.4 is 22.3 Å². The highest BCUT2D eigenvalue weighted by Crippen LogP contribution is 2.59. The summed E-state index contributed by atoms with van der Waals surface area (Å²) >= 11 is 0. The van der Waals surface area contributed by atoms with Crippen molar-refractivity contribution >= 4 is 17.8 Å². The smallest absolute Gasteiger partial charge is 0.334 e. The Kier molecular flexibility index (Phi) is 4.74. The fraction of sp³-hybridized carbons (Fsp3) is 0.650. The van der Waals surface area contributed by atoms with Gasteiger partial charge in [-0.2, -0.15) is 0 Å². The SMILES string of the molecule is CCCn1c(O)c(C(=N)N)c(=O)n(C2CCC3(CC2)CC2(C3)NC(=O)N(C)C2=O)c1=O. The first-order valence-electron chi connectivity index (χ1n) is 10.6. The van der Waals surface area contributed by atoms with Crippen LogP contribution in [-0.4, -0.2) is 49.5 Å². The second kappa shape index (κ2) is 6.96. The summed E-state index contributed by atoms with van der Waals surface area (Å²) in [4.78, 5) is 51.4. The largest absolute Gasteiger partial charge is 0.494 e. The molecule has 0 unspecified atom stereocenters. The van der Waals surface area contributed by atoms with E-state index in [0.29, 0.717) is 44.9 Å². The first-order valence-corrected chi connectivity index (χ1v) is 10.6. The molecule has 0 bridgehead atoms. The molecular formula is C20H28N6O5. The Bertz CT molecular complexity index is 1090. The molecule has 2 saturated carbocycles. The van der Waals surface area contributed by atoms with Crippen molar-refractivity contribution in [3.8, 4) is 5.88 Å². The lowest BCUT2D eigenvalue weighted by Gasteiger charge is -2.55. The Morgan fingerprint density at radius 2 is 1.84 bits per heavy atom. The maximum atomic E-state index is 13.0. The third kappa shape index (κ3) is 2.97. The van der Waals surface area contributed by atoms with Gasteiger partial charge in [0, 0.05) is 19.6 Å². The van der Waals surface area contributed by atoms with Crippen molar-refractivity contribution in [2.45, 2.75) is 70.0 Å². The summed E-state index contributed by atoms with van der Waals surface area (Å²) in [5.74, 6) is -1.34. The van der Waals surface area contributed by atoms with Crippen LogP contribution >= 0.6 is 0 Å². The highest BCUT2D eigenvalue weighted by Gasteiger charge is 2.64. The first-order chi connectivity index (χ1) is 14.6. The number of nitrogens with zero attached hydrogens (tertiary/aromatic N) is 3. The molecule has 168 valence electrons. The third-order valence-corrected chi connectivity index (χ3v) is 7.16. The molecule has 11 heteroatoms. The van der Waals surface area contributed by atoms with Gasteiger partial charge in [-0.05, 0) is 50.4 Å². The zero-order valence-electron chi connectivity index (χ0n) is 17.7. The summed E-state index contributed by atoms with van der Waals surface area (Å²) in [7, 11) is 1.47. The van der Waals surface area contributed by atoms with E-state index < -0.39 is 28.5 Å². The van der Waals surface area contributed by atoms with E-state index in [0.717, 1.165) is 14.0 Å². The van der Waals surface area contributed by atoms with E-state index in [-0.39, 0.29) is 35.5 Å². The predicted octanol–water partition coefficient (Wildman–Crippen LogP) is 0.225. The molecule has 0 atom stereocenters. The Balaban J connectivity index is 1.58. The zero-order chi connectivity index (χ0) is 22.7. The van der Waals surface area contributed by atoms with Crippen LogP contribution in [-0.2, 0) is 11.3 Å². The number of amides is 3. The molecule has 3 fully saturated rings. The van der Waals surface area contributed by atoms with Crippen molar-refractivity contribution in [2.75, 3.05) is 7.05 Å². The Hall–Kier alpha value is -3.11. The van der Waals surface area contributed by atoms with Crippen LogP contribution in [0.2, 0.25) is 0 Å². The van der Waals surface area contributed by atoms with Gasteiger partial charge in [-0.25, -0.2) is 9.59 Å². The first kappa shape index (κ1) is 21.1. The number of amidine groups is 1. The molecule has 3 aliphatic rings. The second-order valence-electron chi connectivity index (χ2n) is 9.18. The number of hydrogen-bond acceptors (Lipinski definition) is 6. The van der Waals surface area contributed by atoms with E-state index in [1.54, 1.807) is 0 Å². The van der Waals surface area contributed by atoms with Crippen molar-refractivity contribution in [1.82, 2.24) is 19.4 Å². The summed E-state index contributed by atoms with van der Waals surface area (Å²) in [5, 5.41) is 20.9. The lowest BCUT2D eigenvalue weighted by Crippen LogP contribution is -2.63. The van der Waals surface area contributed by atoms with Crippen LogP contribution in [0.3, 0.4) is 0 Å². The quantitative estimate of drug-likeness (QED) is 0.302. The lowest BCUT2D eigenvalue weighted by molar-refractivity contribution is -0.141. The minimum Gasteiger partial charge on any atom is -0.494 e. The maximum Gasteiger partial charge on any atom is 0.334 e. The number of carbonyl (C=O) groups is 2. The minimum absolute atomic E-state index is 0.100. The second-order valence-corrected chi connectivity index (χ2v) is 9.18. The van der Waals surface area contributed by atoms with E-state index >= 15 is 0 Å². The molecule has 2 spiro atoms. The van der Waals surface area contributed by atoms with Gasteiger partial charge in [0.15, 0.2) is 0 Å². The average Bonchev–Trinajstić information content (AvgIpc) is 2.90. The molecule has 0 radical (unpaired) electrons. The third-order valence-electron chi connectivity index (χ3n) is 7.16. The van der Waals surface area contributed by atoms with Crippen LogP contribution in [0.1, 0.15) is 63.5 Å². The molecule has 4 rings (SSSR count). The standard InChI is InChI=1S/C20H28N6O5/c1-3-8-25-14(27)12(13(21)22)15(28)26(18(25)31)11-4-6-19(7-5-11)9-20(10-19)16(29)24(2)17(30)23-20/h11,27H,3-10H2,1-2H3,(H3,21,22)(H,23,30). The molecule has 1 aliphatic heterocycles. The number of rotatable bonds is 4. The zero-order valence-corrected chi connectivity index (χ0v) is 17.7. The summed E-state index contributed by atoms with van der Waals surface area (Å²) in [6.45, 7) is 2.05. The van der Waals surface area contributed by atoms with E-state index in [4.69, 9.17) is 11.1 Å². The van der Waals surface area contributed by atoms with Crippen LogP contribution in [0.25, 0.3) is 0 Å². The minimum atomic E-state index is -0.816. The van der Waals surface area contributed by atoms with Crippen molar-refractivity contribution in [3.63, 3.8) is 0 Å². The fourth-order valence-electron chi connectivity index (χ4n) is 5.69. The molecular weight excluding hydrogens is 404 g/mol. The Morgan fingerprint density at radius 1 is 1.23 bits per heavy atom. The van der Waals surface area contributed by atoms with Crippen LogP contribution in [0.5, 0.6) is 5.88 Å². The monoisotopic (exact) mass is 432 g/mol. The maximum absolute atomic E-state index is 13.0. The number of nitrogens with one attached hydrogen (secondary N) is 2. The number of nitrogen functional groups attached to an aromatic ring is 1. The van der Waals surface area contributed by atoms with Gasteiger partial charge < -0.3 is 16.2 Å². The Morgan fingerprint density at radius 3 is 2.32 bits per heavy atom. The summed E-state index contributed by atoms with van der Waals surface area (Å²) in [6.07, 6.45) is 4.21. The van der Waals surface area contributed by atoms with Crippen LogP contribution in [0, 0.1) is 10.8 Å². The molecule has 0 aromatic carbocycles. The highest BCUT2D eigenvalue weighted by atomic mass is 16.3. The van der Waals surface area contributed by atoms with E-state index in [2.05, 4.69) is 5.32 Å². The normalized spacial score (nSPS) is 30.0. The predicted molar refractivity (Wildman–Crippen MR) is 111 cm³/mol. The van der Waals surface area contributed by atoms with Crippen LogP contribution in [0.4, 0.5) is 4.79 Å². The van der Waals surface area contributed by atoms with Gasteiger partial charge in [-0.3, -0.25) is 29.0 Å². The number of nitrogens with two attached hydrogens (primary N) is 1.